The van der Waals surface area contributed by atoms with Crippen LogP contribution < -0.4 is 16.2 Å². The van der Waals surface area contributed by atoms with E-state index >= 15 is 0 Å². The number of aromatic nitrogens is 3. The lowest BCUT2D eigenvalue weighted by molar-refractivity contribution is 0.0957. The normalized spacial score (nSPS) is 14.7. The van der Waals surface area contributed by atoms with E-state index < -0.39 is 0 Å². The van der Waals surface area contributed by atoms with Gasteiger partial charge >= 0.3 is 0 Å². The molecule has 2 aromatic carbocycles. The van der Waals surface area contributed by atoms with Crippen LogP contribution in [0.3, 0.4) is 0 Å². The minimum Gasteiger partial charge on any atom is -0.368 e. The molecule has 5 rings (SSSR count). The summed E-state index contributed by atoms with van der Waals surface area (Å²) in [6, 6.07) is 14.6. The van der Waals surface area contributed by atoms with E-state index in [0.29, 0.717) is 17.9 Å². The Labute approximate surface area is 196 Å². The Hall–Kier alpha value is -3.36. The van der Waals surface area contributed by atoms with E-state index in [2.05, 4.69) is 56.8 Å². The van der Waals surface area contributed by atoms with E-state index in [9.17, 15) is 4.79 Å². The molecule has 6 N–H and O–H groups in total. The third-order valence-corrected chi connectivity index (χ3v) is 7.07. The lowest BCUT2D eigenvalue weighted by Crippen LogP contribution is -2.35. The molecule has 7 nitrogen and oxygen atoms in total. The van der Waals surface area contributed by atoms with Crippen LogP contribution in [0.5, 0.6) is 0 Å². The Kier molecular flexibility index (Phi) is 5.78. The van der Waals surface area contributed by atoms with Crippen LogP contribution in [0, 0.1) is 0 Å². The van der Waals surface area contributed by atoms with Crippen LogP contribution >= 0.6 is 11.9 Å². The van der Waals surface area contributed by atoms with Gasteiger partial charge in [-0.25, -0.2) is 9.97 Å². The van der Waals surface area contributed by atoms with Crippen LogP contribution in [0.4, 0.5) is 5.95 Å². The minimum atomic E-state index is -0.0826. The van der Waals surface area contributed by atoms with Crippen molar-refractivity contribution in [3.05, 3.63) is 77.7 Å². The fourth-order valence-electron chi connectivity index (χ4n) is 4.77. The average Bonchev–Trinajstić information content (AvgIpc) is 3.24. The van der Waals surface area contributed by atoms with Crippen molar-refractivity contribution < 1.29 is 4.79 Å². The molecule has 1 amide bonds. The largest absolute Gasteiger partial charge is 0.368 e. The Morgan fingerprint density at radius 2 is 1.85 bits per heavy atom. The number of carbonyl (C=O) groups is 1. The summed E-state index contributed by atoms with van der Waals surface area (Å²) >= 11 is 1.22. The van der Waals surface area contributed by atoms with Crippen molar-refractivity contribution in [1.82, 2.24) is 20.3 Å². The number of nitrogens with one attached hydrogen (secondary N) is 2. The van der Waals surface area contributed by atoms with Gasteiger partial charge < -0.3 is 16.0 Å². The Balaban J connectivity index is 1.48. The quantitative estimate of drug-likeness (QED) is 0.245. The minimum absolute atomic E-state index is 0.0559. The topological polar surface area (TPSA) is 123 Å². The first-order valence-electron chi connectivity index (χ1n) is 11.0. The molecular formula is C25H26N6OS. The van der Waals surface area contributed by atoms with Crippen molar-refractivity contribution in [2.45, 2.75) is 24.7 Å². The van der Waals surface area contributed by atoms with Crippen molar-refractivity contribution >= 4 is 34.7 Å². The zero-order chi connectivity index (χ0) is 22.8. The molecule has 2 aromatic heterocycles. The van der Waals surface area contributed by atoms with Crippen LogP contribution in [-0.2, 0) is 5.41 Å². The van der Waals surface area contributed by atoms with Crippen molar-refractivity contribution in [1.29, 1.82) is 0 Å². The molecule has 0 bridgehead atoms. The molecule has 1 fully saturated rings. The monoisotopic (exact) mass is 458 g/mol. The molecule has 1 aliphatic rings. The zero-order valence-corrected chi connectivity index (χ0v) is 19.0. The average molecular weight is 459 g/mol. The van der Waals surface area contributed by atoms with Gasteiger partial charge in [-0.15, -0.1) is 0 Å². The number of H-pyrrole nitrogens is 1. The smallest absolute Gasteiger partial charge is 0.253 e. The summed E-state index contributed by atoms with van der Waals surface area (Å²) in [5, 5.41) is 9.52. The van der Waals surface area contributed by atoms with Gasteiger partial charge in [0.05, 0.1) is 11.1 Å². The number of aromatic amines is 1. The highest BCUT2D eigenvalue weighted by Crippen LogP contribution is 2.51. The molecule has 1 aliphatic carbocycles. The van der Waals surface area contributed by atoms with Crippen molar-refractivity contribution in [2.75, 3.05) is 18.0 Å². The first-order valence-corrected chi connectivity index (χ1v) is 12.1. The number of nitrogens with two attached hydrogens (primary N) is 2. The molecule has 0 saturated heterocycles. The molecule has 4 aromatic rings. The second-order valence-corrected chi connectivity index (χ2v) is 9.14. The number of anilines is 1. The Morgan fingerprint density at radius 1 is 1.09 bits per heavy atom. The molecule has 33 heavy (non-hydrogen) atoms. The first-order chi connectivity index (χ1) is 16.1. The number of benzene rings is 2. The van der Waals surface area contributed by atoms with Crippen LogP contribution in [-0.4, -0.2) is 33.2 Å². The lowest BCUT2D eigenvalue weighted by Gasteiger charge is -2.43. The summed E-state index contributed by atoms with van der Waals surface area (Å²) in [5.41, 5.74) is 11.6. The van der Waals surface area contributed by atoms with E-state index in [-0.39, 0.29) is 17.3 Å². The predicted octanol–water partition coefficient (Wildman–Crippen LogP) is 4.01. The molecule has 1 saturated carbocycles. The summed E-state index contributed by atoms with van der Waals surface area (Å²) in [6.45, 7) is 0.541. The molecule has 168 valence electrons. The maximum atomic E-state index is 12.7. The van der Waals surface area contributed by atoms with E-state index in [4.69, 9.17) is 10.9 Å². The number of fused-ring (bicyclic) bond motifs is 1. The molecule has 8 heteroatoms. The number of hydrogen-bond acceptors (Lipinski definition) is 6. The van der Waals surface area contributed by atoms with Gasteiger partial charge in [-0.1, -0.05) is 54.8 Å². The SMILES string of the molecule is NSCCNC(=O)c1cccc2c(C3(c4ccc(-c5cnc(N)nc5)cc4)CCC3)c[nH]c12. The van der Waals surface area contributed by atoms with Gasteiger partial charge in [0.1, 0.15) is 0 Å². The highest BCUT2D eigenvalue weighted by atomic mass is 32.2. The van der Waals surface area contributed by atoms with Crippen LogP contribution in [0.15, 0.2) is 61.1 Å². The van der Waals surface area contributed by atoms with Crippen molar-refractivity contribution in [2.24, 2.45) is 5.14 Å². The van der Waals surface area contributed by atoms with Gasteiger partial charge in [-0.2, -0.15) is 0 Å². The lowest BCUT2D eigenvalue weighted by atomic mass is 9.60. The van der Waals surface area contributed by atoms with Crippen molar-refractivity contribution in [3.63, 3.8) is 0 Å². The number of para-hydroxylation sites is 1. The highest BCUT2D eigenvalue weighted by molar-refractivity contribution is 7.97. The number of nitrogens with zero attached hydrogens (tertiary/aromatic N) is 2. The first kappa shape index (κ1) is 21.5. The molecule has 0 spiro atoms. The zero-order valence-electron chi connectivity index (χ0n) is 18.2. The maximum Gasteiger partial charge on any atom is 0.253 e. The second-order valence-electron chi connectivity index (χ2n) is 8.40. The number of hydrogen-bond donors (Lipinski definition) is 4. The molecule has 0 radical (unpaired) electrons. The fraction of sp³-hybridized carbons (Fsp3) is 0.240. The van der Waals surface area contributed by atoms with Gasteiger partial charge in [0.15, 0.2) is 0 Å². The van der Waals surface area contributed by atoms with Gasteiger partial charge in [-0.3, -0.25) is 9.93 Å². The summed E-state index contributed by atoms with van der Waals surface area (Å²) < 4.78 is 0. The van der Waals surface area contributed by atoms with Crippen LogP contribution in [0.1, 0.15) is 40.7 Å². The van der Waals surface area contributed by atoms with E-state index in [1.165, 1.54) is 29.5 Å². The fourth-order valence-corrected chi connectivity index (χ4v) is 4.99. The predicted molar refractivity (Wildman–Crippen MR) is 134 cm³/mol. The van der Waals surface area contributed by atoms with Gasteiger partial charge in [-0.05, 0) is 35.6 Å². The third-order valence-electron chi connectivity index (χ3n) is 6.63. The number of rotatable bonds is 7. The highest BCUT2D eigenvalue weighted by Gasteiger charge is 2.42. The molecule has 0 atom stereocenters. The van der Waals surface area contributed by atoms with E-state index in [1.54, 1.807) is 12.4 Å². The second kappa shape index (κ2) is 8.88. The van der Waals surface area contributed by atoms with Gasteiger partial charge in [0.2, 0.25) is 5.95 Å². The summed E-state index contributed by atoms with van der Waals surface area (Å²) in [4.78, 5) is 24.3. The van der Waals surface area contributed by atoms with Crippen LogP contribution in [0.2, 0.25) is 0 Å². The standard InChI is InChI=1S/C25H26N6OS/c26-24-30-13-17(14-31-24)16-5-7-18(8-6-16)25(9-2-10-25)21-15-29-22-19(21)3-1-4-20(22)23(32)28-11-12-33-27/h1,3-8,13-15,29H,2,9-12,27H2,(H,28,32)(H2,26,30,31). The van der Waals surface area contributed by atoms with E-state index in [0.717, 1.165) is 34.9 Å². The molecule has 0 aliphatic heterocycles. The third kappa shape index (κ3) is 3.85. The van der Waals surface area contributed by atoms with Gasteiger partial charge in [0.25, 0.3) is 5.91 Å². The van der Waals surface area contributed by atoms with Crippen LogP contribution in [0.25, 0.3) is 22.0 Å². The Bertz CT molecular complexity index is 1280. The van der Waals surface area contributed by atoms with Gasteiger partial charge in [0, 0.05) is 47.3 Å². The molecule has 0 unspecified atom stereocenters. The number of carbonyl (C=O) groups excluding carboxylic acids is 1. The molecule has 2 heterocycles. The molecular weight excluding hydrogens is 432 g/mol. The maximum absolute atomic E-state index is 12.7. The number of nitrogen functional groups attached to an aromatic ring is 1. The summed E-state index contributed by atoms with van der Waals surface area (Å²) in [5.74, 6) is 0.870. The number of amides is 1. The van der Waals surface area contributed by atoms with Crippen molar-refractivity contribution in [3.8, 4) is 11.1 Å². The van der Waals surface area contributed by atoms with E-state index in [1.807, 2.05) is 12.1 Å². The summed E-state index contributed by atoms with van der Waals surface area (Å²) in [6.07, 6.45) is 8.90. The summed E-state index contributed by atoms with van der Waals surface area (Å²) in [7, 11) is 0. The Morgan fingerprint density at radius 3 is 2.52 bits per heavy atom.